The lowest BCUT2D eigenvalue weighted by molar-refractivity contribution is -0.137. The van der Waals surface area contributed by atoms with E-state index in [0.29, 0.717) is 119 Å². The van der Waals surface area contributed by atoms with Gasteiger partial charge in [-0.1, -0.05) is 112 Å². The zero-order chi connectivity index (χ0) is 64.2. The molecule has 16 nitrogen and oxygen atoms in total. The molecule has 0 unspecified atom stereocenters. The van der Waals surface area contributed by atoms with Crippen LogP contribution in [0.3, 0.4) is 0 Å². The first-order chi connectivity index (χ1) is 44.7. The summed E-state index contributed by atoms with van der Waals surface area (Å²) in [4.78, 5) is 114. The molecule has 466 valence electrons. The van der Waals surface area contributed by atoms with Crippen molar-refractivity contribution in [3.8, 4) is 17.2 Å². The van der Waals surface area contributed by atoms with Gasteiger partial charge >= 0.3 is 23.9 Å². The molecular weight excluding hydrogens is 1230 g/mol. The Morgan fingerprint density at radius 2 is 0.870 bits per heavy atom. The average molecular weight is 1300 g/mol. The number of esters is 3. The Labute approximate surface area is 537 Å². The van der Waals surface area contributed by atoms with E-state index in [1.807, 2.05) is 75.4 Å². The zero-order valence-corrected chi connectivity index (χ0v) is 53.0. The molecule has 2 heterocycles. The number of aliphatic carboxylic acids is 1. The number of carbonyl (C=O) groups is 8. The van der Waals surface area contributed by atoms with Crippen LogP contribution in [-0.2, 0) is 25.4 Å². The topological polar surface area (TPSA) is 209 Å². The average Bonchev–Trinajstić information content (AvgIpc) is 0.697. The standard InChI is InChI=1S/C75H65BrN2O14/c1-5-9-34-88-56-30-29-46-64-55(76)38-53-62-50(69(81)77(72(53)84)32-13-14-58(79)80)26-23-47(67(62)64)65-57(39-54(66(56)68(46)65)75(87)91-37-12-8-4)92-41-17-15-40(16-18-41)31-33-78-70(82)48-24-19-42-44-21-27-51(73(85)89-35-10-6-2)63-52(74(86)90-36-11-7-3)28-22-45(60(44)63)43-20-25-49(71(78)83)61(48)59(42)43/h15-30,38-39H,5-14,31-37H2,1-4H3,(H,79,80). The summed E-state index contributed by atoms with van der Waals surface area (Å²) < 4.78 is 31.4. The van der Waals surface area contributed by atoms with Gasteiger partial charge in [0.15, 0.2) is 0 Å². The van der Waals surface area contributed by atoms with Crippen LogP contribution in [0.2, 0.25) is 0 Å². The van der Waals surface area contributed by atoms with Crippen molar-refractivity contribution in [2.24, 2.45) is 0 Å². The molecule has 2 aliphatic rings. The molecule has 13 rings (SSSR count). The predicted octanol–water partition coefficient (Wildman–Crippen LogP) is 16.7. The number of carbonyl (C=O) groups excluding carboxylic acids is 7. The molecule has 4 amide bonds. The Balaban J connectivity index is 0.854. The first-order valence-electron chi connectivity index (χ1n) is 31.7. The van der Waals surface area contributed by atoms with Crippen molar-refractivity contribution in [1.29, 1.82) is 0 Å². The maximum absolute atomic E-state index is 14.7. The fourth-order valence-electron chi connectivity index (χ4n) is 13.4. The third kappa shape index (κ3) is 10.3. The maximum Gasteiger partial charge on any atom is 0.339 e. The number of carboxylic acids is 1. The summed E-state index contributed by atoms with van der Waals surface area (Å²) in [5, 5.41) is 19.5. The molecule has 0 saturated carbocycles. The van der Waals surface area contributed by atoms with Gasteiger partial charge in [0.25, 0.3) is 23.6 Å². The van der Waals surface area contributed by atoms with Crippen molar-refractivity contribution < 1.29 is 67.1 Å². The molecule has 11 aromatic rings. The molecule has 0 spiro atoms. The van der Waals surface area contributed by atoms with E-state index in [2.05, 4.69) is 22.9 Å². The van der Waals surface area contributed by atoms with E-state index in [9.17, 15) is 43.5 Å². The van der Waals surface area contributed by atoms with E-state index in [1.165, 1.54) is 4.90 Å². The van der Waals surface area contributed by atoms with E-state index in [0.717, 1.165) is 69.5 Å². The minimum Gasteiger partial charge on any atom is -0.493 e. The monoisotopic (exact) mass is 1300 g/mol. The van der Waals surface area contributed by atoms with Crippen molar-refractivity contribution in [3.05, 3.63) is 158 Å². The molecule has 17 heteroatoms. The number of hydrogen-bond donors (Lipinski definition) is 1. The van der Waals surface area contributed by atoms with Gasteiger partial charge in [0.1, 0.15) is 17.2 Å². The van der Waals surface area contributed by atoms with Crippen LogP contribution in [0, 0.1) is 0 Å². The molecule has 1 N–H and O–H groups in total. The second-order valence-corrected chi connectivity index (χ2v) is 24.5. The molecule has 0 fully saturated rings. The van der Waals surface area contributed by atoms with Gasteiger partial charge in [-0.25, -0.2) is 14.4 Å². The fraction of sp³-hybridized carbons (Fsp3) is 0.280. The molecule has 0 aliphatic carbocycles. The zero-order valence-electron chi connectivity index (χ0n) is 51.4. The van der Waals surface area contributed by atoms with Crippen LogP contribution >= 0.6 is 15.9 Å². The van der Waals surface area contributed by atoms with Crippen LogP contribution in [0.15, 0.2) is 114 Å². The fourth-order valence-corrected chi connectivity index (χ4v) is 14.1. The van der Waals surface area contributed by atoms with Gasteiger partial charge in [0.05, 0.1) is 43.1 Å². The molecule has 0 radical (unpaired) electrons. The van der Waals surface area contributed by atoms with Crippen LogP contribution < -0.4 is 9.47 Å². The molecule has 0 aromatic heterocycles. The quantitative estimate of drug-likeness (QED) is 0.0141. The lowest BCUT2D eigenvalue weighted by atomic mass is 9.83. The third-order valence-corrected chi connectivity index (χ3v) is 18.6. The Morgan fingerprint density at radius 3 is 1.42 bits per heavy atom. The first-order valence-corrected chi connectivity index (χ1v) is 32.5. The molecule has 0 saturated heterocycles. The third-order valence-electron chi connectivity index (χ3n) is 17.9. The van der Waals surface area contributed by atoms with Crippen LogP contribution in [0.4, 0.5) is 0 Å². The summed E-state index contributed by atoms with van der Waals surface area (Å²) in [7, 11) is 0. The molecule has 92 heavy (non-hydrogen) atoms. The summed E-state index contributed by atoms with van der Waals surface area (Å²) in [6.07, 6.45) is 6.27. The predicted molar refractivity (Wildman–Crippen MR) is 357 cm³/mol. The van der Waals surface area contributed by atoms with Crippen LogP contribution in [0.25, 0.3) is 86.2 Å². The van der Waals surface area contributed by atoms with Crippen molar-refractivity contribution in [2.45, 2.75) is 98.3 Å². The largest absolute Gasteiger partial charge is 0.493 e. The number of amides is 4. The van der Waals surface area contributed by atoms with Gasteiger partial charge < -0.3 is 28.8 Å². The summed E-state index contributed by atoms with van der Waals surface area (Å²) in [6.45, 7) is 9.09. The minimum atomic E-state index is -1.03. The highest BCUT2D eigenvalue weighted by molar-refractivity contribution is 9.10. The second kappa shape index (κ2) is 25.2. The van der Waals surface area contributed by atoms with E-state index < -0.39 is 47.5 Å². The van der Waals surface area contributed by atoms with Gasteiger partial charge in [-0.05, 0) is 154 Å². The number of fused-ring (bicyclic) bond motifs is 4. The van der Waals surface area contributed by atoms with E-state index in [4.69, 9.17) is 23.7 Å². The number of halogens is 1. The van der Waals surface area contributed by atoms with E-state index in [1.54, 1.807) is 54.6 Å². The van der Waals surface area contributed by atoms with Crippen molar-refractivity contribution in [1.82, 2.24) is 9.80 Å². The number of carboxylic acid groups (broad SMARTS) is 1. The summed E-state index contributed by atoms with van der Waals surface area (Å²) in [5.41, 5.74) is 2.81. The van der Waals surface area contributed by atoms with Crippen LogP contribution in [-0.4, -0.2) is 102 Å². The van der Waals surface area contributed by atoms with Gasteiger partial charge in [0, 0.05) is 89.3 Å². The lowest BCUT2D eigenvalue weighted by Gasteiger charge is -2.29. The maximum atomic E-state index is 14.7. The highest BCUT2D eigenvalue weighted by Crippen LogP contribution is 2.53. The lowest BCUT2D eigenvalue weighted by Crippen LogP contribution is -2.41. The van der Waals surface area contributed by atoms with Gasteiger partial charge in [-0.2, -0.15) is 0 Å². The number of nitrogens with zero attached hydrogens (tertiary/aromatic N) is 2. The highest BCUT2D eigenvalue weighted by Gasteiger charge is 2.38. The summed E-state index contributed by atoms with van der Waals surface area (Å²) in [6, 6.07) is 32.2. The number of ether oxygens (including phenoxy) is 5. The summed E-state index contributed by atoms with van der Waals surface area (Å²) >= 11 is 3.83. The van der Waals surface area contributed by atoms with Crippen LogP contribution in [0.1, 0.15) is 170 Å². The van der Waals surface area contributed by atoms with Crippen LogP contribution in [0.5, 0.6) is 17.2 Å². The first kappa shape index (κ1) is 61.1. The van der Waals surface area contributed by atoms with E-state index in [-0.39, 0.29) is 79.3 Å². The van der Waals surface area contributed by atoms with Gasteiger partial charge in [-0.15, -0.1) is 0 Å². The molecule has 2 aliphatic heterocycles. The number of rotatable bonds is 25. The Kier molecular flexibility index (Phi) is 16.7. The Bertz CT molecular complexity index is 4790. The normalized spacial score (nSPS) is 13.2. The minimum absolute atomic E-state index is 0.0521. The van der Waals surface area contributed by atoms with E-state index >= 15 is 0 Å². The number of hydrogen-bond acceptors (Lipinski definition) is 13. The smallest absolute Gasteiger partial charge is 0.339 e. The Hall–Kier alpha value is -9.74. The Morgan fingerprint density at radius 1 is 0.413 bits per heavy atom. The SMILES string of the molecule is CCCCOC(=O)c1ccc2c3ccc4c5c(ccc(c6ccc(C(=O)OCCCC)c1c26)c53)C(=O)N(CCc1ccc(Oc2cc(C(=O)OCCCC)c3c(OCCCC)ccc5c6c(Br)cc7c8c(ccc(c2c35)c86)C(=O)N(CCCC(=O)O)C7=O)cc1)C4=O. The van der Waals surface area contributed by atoms with Crippen molar-refractivity contribution in [3.63, 3.8) is 0 Å². The molecule has 0 bridgehead atoms. The highest BCUT2D eigenvalue weighted by atomic mass is 79.9. The van der Waals surface area contributed by atoms with Gasteiger partial charge in [0.2, 0.25) is 0 Å². The molecule has 0 atom stereocenters. The van der Waals surface area contributed by atoms with Crippen molar-refractivity contribution in [2.75, 3.05) is 39.5 Å². The number of benzene rings is 11. The number of unbranched alkanes of at least 4 members (excludes halogenated alkanes) is 4. The second-order valence-electron chi connectivity index (χ2n) is 23.7. The summed E-state index contributed by atoms with van der Waals surface area (Å²) in [5.74, 6) is -3.51. The molecule has 11 aromatic carbocycles. The molecular formula is C75H65BrN2O14. The van der Waals surface area contributed by atoms with Gasteiger partial charge in [-0.3, -0.25) is 33.8 Å². The number of imide groups is 2. The van der Waals surface area contributed by atoms with Crippen molar-refractivity contribution >= 4 is 150 Å².